The van der Waals surface area contributed by atoms with Gasteiger partial charge in [0.15, 0.2) is 0 Å². The zero-order chi connectivity index (χ0) is 15.3. The maximum Gasteiger partial charge on any atom is 0.233 e. The number of amides is 1. The van der Waals surface area contributed by atoms with Crippen molar-refractivity contribution in [1.29, 1.82) is 0 Å². The standard InChI is InChI=1S/C16H29N3OS/c1-2-19(13-7-8-13)12-11-18-15(20)16(14(17)21)9-5-3-4-6-10-16/h13H,2-12H2,1H3,(H2,17,21)(H,18,20). The third kappa shape index (κ3) is 4.16. The van der Waals surface area contributed by atoms with Crippen LogP contribution in [-0.2, 0) is 4.79 Å². The summed E-state index contributed by atoms with van der Waals surface area (Å²) in [6, 6.07) is 0.745. The summed E-state index contributed by atoms with van der Waals surface area (Å²) in [5, 5.41) is 3.10. The number of hydrogen-bond acceptors (Lipinski definition) is 3. The van der Waals surface area contributed by atoms with Gasteiger partial charge in [0.2, 0.25) is 5.91 Å². The van der Waals surface area contributed by atoms with E-state index < -0.39 is 5.41 Å². The van der Waals surface area contributed by atoms with Crippen LogP contribution in [0.1, 0.15) is 58.3 Å². The van der Waals surface area contributed by atoms with Crippen LogP contribution in [0, 0.1) is 5.41 Å². The lowest BCUT2D eigenvalue weighted by Gasteiger charge is -2.30. The summed E-state index contributed by atoms with van der Waals surface area (Å²) in [5.41, 5.74) is 5.35. The Labute approximate surface area is 133 Å². The molecule has 0 atom stereocenters. The first-order chi connectivity index (χ1) is 10.1. The minimum atomic E-state index is -0.595. The Morgan fingerprint density at radius 1 is 1.29 bits per heavy atom. The minimum Gasteiger partial charge on any atom is -0.392 e. The van der Waals surface area contributed by atoms with E-state index in [0.717, 1.165) is 44.8 Å². The molecule has 0 radical (unpaired) electrons. The van der Waals surface area contributed by atoms with Crippen LogP contribution in [0.4, 0.5) is 0 Å². The molecule has 2 rings (SSSR count). The van der Waals surface area contributed by atoms with Crippen LogP contribution in [0.3, 0.4) is 0 Å². The number of nitrogens with zero attached hydrogens (tertiary/aromatic N) is 1. The van der Waals surface area contributed by atoms with Crippen LogP contribution in [0.25, 0.3) is 0 Å². The third-order valence-electron chi connectivity index (χ3n) is 5.02. The van der Waals surface area contributed by atoms with E-state index in [2.05, 4.69) is 17.1 Å². The van der Waals surface area contributed by atoms with Crippen molar-refractivity contribution in [2.45, 2.75) is 64.3 Å². The van der Waals surface area contributed by atoms with Crippen molar-refractivity contribution in [3.63, 3.8) is 0 Å². The van der Waals surface area contributed by atoms with Gasteiger partial charge >= 0.3 is 0 Å². The zero-order valence-electron chi connectivity index (χ0n) is 13.2. The van der Waals surface area contributed by atoms with Crippen LogP contribution in [0.2, 0.25) is 0 Å². The van der Waals surface area contributed by atoms with Gasteiger partial charge in [0.1, 0.15) is 0 Å². The Kier molecular flexibility index (Phi) is 5.99. The topological polar surface area (TPSA) is 58.4 Å². The van der Waals surface area contributed by atoms with Crippen LogP contribution in [0.5, 0.6) is 0 Å². The van der Waals surface area contributed by atoms with Gasteiger partial charge in [-0.1, -0.05) is 44.8 Å². The summed E-state index contributed by atoms with van der Waals surface area (Å²) in [6.07, 6.45) is 8.70. The first kappa shape index (κ1) is 16.7. The maximum atomic E-state index is 12.7. The molecule has 2 aliphatic rings. The van der Waals surface area contributed by atoms with E-state index in [0.29, 0.717) is 11.5 Å². The highest BCUT2D eigenvalue weighted by Crippen LogP contribution is 2.35. The van der Waals surface area contributed by atoms with Gasteiger partial charge in [0.25, 0.3) is 0 Å². The lowest BCUT2D eigenvalue weighted by atomic mass is 9.79. The molecule has 2 saturated carbocycles. The number of nitrogens with one attached hydrogen (secondary N) is 1. The van der Waals surface area contributed by atoms with Gasteiger partial charge in [-0.15, -0.1) is 0 Å². The quantitative estimate of drug-likeness (QED) is 0.559. The monoisotopic (exact) mass is 311 g/mol. The molecule has 0 aromatic carbocycles. The second kappa shape index (κ2) is 7.54. The van der Waals surface area contributed by atoms with Gasteiger partial charge in [0.05, 0.1) is 10.4 Å². The zero-order valence-corrected chi connectivity index (χ0v) is 14.0. The molecule has 2 fully saturated rings. The van der Waals surface area contributed by atoms with Crippen LogP contribution in [0.15, 0.2) is 0 Å². The van der Waals surface area contributed by atoms with Gasteiger partial charge in [-0.05, 0) is 32.2 Å². The van der Waals surface area contributed by atoms with Crippen molar-refractivity contribution in [3.8, 4) is 0 Å². The van der Waals surface area contributed by atoms with E-state index in [9.17, 15) is 4.79 Å². The van der Waals surface area contributed by atoms with E-state index in [4.69, 9.17) is 18.0 Å². The first-order valence-corrected chi connectivity index (χ1v) is 8.83. The fraction of sp³-hybridized carbons (Fsp3) is 0.875. The Bertz CT molecular complexity index is 374. The van der Waals surface area contributed by atoms with Crippen molar-refractivity contribution in [1.82, 2.24) is 10.2 Å². The van der Waals surface area contributed by atoms with E-state index in [1.807, 2.05) is 0 Å². The molecule has 0 saturated heterocycles. The minimum absolute atomic E-state index is 0.0590. The Morgan fingerprint density at radius 2 is 1.90 bits per heavy atom. The normalized spacial score (nSPS) is 21.8. The fourth-order valence-electron chi connectivity index (χ4n) is 3.44. The molecule has 0 bridgehead atoms. The van der Waals surface area contributed by atoms with Crippen molar-refractivity contribution < 1.29 is 4.79 Å². The number of carbonyl (C=O) groups excluding carboxylic acids is 1. The molecule has 0 unspecified atom stereocenters. The molecule has 1 amide bonds. The summed E-state index contributed by atoms with van der Waals surface area (Å²) in [7, 11) is 0. The SMILES string of the molecule is CCN(CCNC(=O)C1(C(N)=S)CCCCCC1)C1CC1. The summed E-state index contributed by atoms with van der Waals surface area (Å²) >= 11 is 5.25. The van der Waals surface area contributed by atoms with Gasteiger partial charge in [0, 0.05) is 19.1 Å². The number of carbonyl (C=O) groups is 1. The van der Waals surface area contributed by atoms with Crippen molar-refractivity contribution in [2.75, 3.05) is 19.6 Å². The van der Waals surface area contributed by atoms with E-state index in [-0.39, 0.29) is 5.91 Å². The second-order valence-electron chi connectivity index (χ2n) is 6.48. The smallest absolute Gasteiger partial charge is 0.233 e. The molecule has 3 N–H and O–H groups in total. The average molecular weight is 311 g/mol. The molecule has 21 heavy (non-hydrogen) atoms. The number of likely N-dealkylation sites (N-methyl/N-ethyl adjacent to an activating group) is 1. The number of thiocarbonyl (C=S) groups is 1. The molecular weight excluding hydrogens is 282 g/mol. The highest BCUT2D eigenvalue weighted by molar-refractivity contribution is 7.80. The van der Waals surface area contributed by atoms with E-state index in [1.54, 1.807) is 0 Å². The molecule has 2 aliphatic carbocycles. The van der Waals surface area contributed by atoms with Crippen molar-refractivity contribution in [3.05, 3.63) is 0 Å². The highest BCUT2D eigenvalue weighted by Gasteiger charge is 2.41. The molecule has 4 nitrogen and oxygen atoms in total. The molecule has 0 aromatic heterocycles. The van der Waals surface area contributed by atoms with Crippen molar-refractivity contribution >= 4 is 23.1 Å². The van der Waals surface area contributed by atoms with Crippen LogP contribution in [-0.4, -0.2) is 41.5 Å². The third-order valence-corrected chi connectivity index (χ3v) is 5.41. The molecule has 0 aromatic rings. The van der Waals surface area contributed by atoms with Crippen LogP contribution >= 0.6 is 12.2 Å². The predicted octanol–water partition coefficient (Wildman–Crippen LogP) is 2.21. The Morgan fingerprint density at radius 3 is 2.38 bits per heavy atom. The maximum absolute atomic E-state index is 12.7. The number of hydrogen-bond donors (Lipinski definition) is 2. The summed E-state index contributed by atoms with van der Waals surface area (Å²) in [5.74, 6) is 0.0590. The lowest BCUT2D eigenvalue weighted by Crippen LogP contribution is -2.50. The molecule has 120 valence electrons. The largest absolute Gasteiger partial charge is 0.392 e. The summed E-state index contributed by atoms with van der Waals surface area (Å²) in [4.78, 5) is 15.5. The molecule has 0 aliphatic heterocycles. The fourth-order valence-corrected chi connectivity index (χ4v) is 3.74. The average Bonchev–Trinajstić information content (AvgIpc) is 3.29. The van der Waals surface area contributed by atoms with Gasteiger partial charge < -0.3 is 11.1 Å². The Hall–Kier alpha value is -0.680. The van der Waals surface area contributed by atoms with Gasteiger partial charge in [-0.2, -0.15) is 0 Å². The first-order valence-electron chi connectivity index (χ1n) is 8.42. The van der Waals surface area contributed by atoms with Gasteiger partial charge in [-0.25, -0.2) is 0 Å². The molecule has 0 heterocycles. The molecule has 0 spiro atoms. The van der Waals surface area contributed by atoms with E-state index in [1.165, 1.54) is 25.7 Å². The Balaban J connectivity index is 1.87. The summed E-state index contributed by atoms with van der Waals surface area (Å²) < 4.78 is 0. The number of rotatable bonds is 7. The van der Waals surface area contributed by atoms with E-state index >= 15 is 0 Å². The number of nitrogens with two attached hydrogens (primary N) is 1. The van der Waals surface area contributed by atoms with Crippen molar-refractivity contribution in [2.24, 2.45) is 11.1 Å². The van der Waals surface area contributed by atoms with Gasteiger partial charge in [-0.3, -0.25) is 9.69 Å². The lowest BCUT2D eigenvalue weighted by molar-refractivity contribution is -0.128. The van der Waals surface area contributed by atoms with Crippen LogP contribution < -0.4 is 11.1 Å². The molecule has 5 heteroatoms. The highest BCUT2D eigenvalue weighted by atomic mass is 32.1. The molecular formula is C16H29N3OS. The summed E-state index contributed by atoms with van der Waals surface area (Å²) in [6.45, 7) is 4.87. The second-order valence-corrected chi connectivity index (χ2v) is 6.92. The predicted molar refractivity (Wildman–Crippen MR) is 90.2 cm³/mol.